The van der Waals surface area contributed by atoms with Gasteiger partial charge < -0.3 is 5.11 Å². The molecule has 5 heteroatoms. The Bertz CT molecular complexity index is 434. The van der Waals surface area contributed by atoms with Gasteiger partial charge in [-0.05, 0) is 37.6 Å². The summed E-state index contributed by atoms with van der Waals surface area (Å²) < 4.78 is 38.0. The normalized spacial score (nSPS) is 13.4. The molecule has 1 N–H and O–H groups in total. The molecule has 1 atom stereocenters. The molecular weight excluding hydrogens is 297 g/mol. The molecule has 1 aromatic carbocycles. The number of halogens is 4. The van der Waals surface area contributed by atoms with Crippen LogP contribution in [-0.2, 0) is 6.18 Å². The van der Waals surface area contributed by atoms with Crippen molar-refractivity contribution in [3.8, 4) is 0 Å². The van der Waals surface area contributed by atoms with Crippen LogP contribution < -0.4 is 0 Å². The lowest BCUT2D eigenvalue weighted by molar-refractivity contribution is -0.137. The van der Waals surface area contributed by atoms with Gasteiger partial charge in [0.25, 0.3) is 0 Å². The Kier molecular flexibility index (Phi) is 4.38. The van der Waals surface area contributed by atoms with Crippen LogP contribution in [0.4, 0.5) is 13.2 Å². The Morgan fingerprint density at radius 1 is 1.35 bits per heavy atom. The van der Waals surface area contributed by atoms with Crippen LogP contribution in [0.5, 0.6) is 0 Å². The topological polar surface area (TPSA) is 20.2 Å². The van der Waals surface area contributed by atoms with E-state index in [0.717, 1.165) is 17.7 Å². The zero-order chi connectivity index (χ0) is 13.2. The molecule has 1 rings (SSSR count). The molecule has 0 radical (unpaired) electrons. The molecule has 0 fully saturated rings. The molecule has 1 unspecified atom stereocenters. The summed E-state index contributed by atoms with van der Waals surface area (Å²) in [5.41, 5.74) is 0.278. The van der Waals surface area contributed by atoms with Crippen LogP contribution in [-0.4, -0.2) is 5.11 Å². The predicted octanol–water partition coefficient (Wildman–Crippen LogP) is 4.47. The third kappa shape index (κ3) is 3.85. The molecule has 0 amide bonds. The average molecular weight is 309 g/mol. The third-order valence-corrected chi connectivity index (χ3v) is 2.86. The van der Waals surface area contributed by atoms with E-state index in [2.05, 4.69) is 15.9 Å². The minimum Gasteiger partial charge on any atom is -0.384 e. The van der Waals surface area contributed by atoms with Crippen molar-refractivity contribution < 1.29 is 18.3 Å². The molecule has 1 aromatic rings. The molecule has 0 bridgehead atoms. The van der Waals surface area contributed by atoms with E-state index in [0.29, 0.717) is 4.47 Å². The Morgan fingerprint density at radius 2 is 1.94 bits per heavy atom. The van der Waals surface area contributed by atoms with E-state index < -0.39 is 17.8 Å². The highest BCUT2D eigenvalue weighted by Crippen LogP contribution is 2.34. The maximum absolute atomic E-state index is 12.5. The zero-order valence-electron chi connectivity index (χ0n) is 9.35. The first kappa shape index (κ1) is 14.3. The van der Waals surface area contributed by atoms with Crippen LogP contribution in [0.1, 0.15) is 31.1 Å². The highest BCUT2D eigenvalue weighted by atomic mass is 79.9. The van der Waals surface area contributed by atoms with Crippen molar-refractivity contribution in [1.82, 2.24) is 0 Å². The highest BCUT2D eigenvalue weighted by molar-refractivity contribution is 9.10. The summed E-state index contributed by atoms with van der Waals surface area (Å²) >= 11 is 3.13. The van der Waals surface area contributed by atoms with Gasteiger partial charge in [0.2, 0.25) is 0 Å². The maximum Gasteiger partial charge on any atom is 0.416 e. The second-order valence-corrected chi connectivity index (χ2v) is 4.78. The number of hydrogen-bond donors (Lipinski definition) is 1. The number of aliphatic hydroxyl groups excluding tert-OH is 1. The number of hydrogen-bond acceptors (Lipinski definition) is 1. The van der Waals surface area contributed by atoms with E-state index in [1.807, 2.05) is 0 Å². The lowest BCUT2D eigenvalue weighted by Crippen LogP contribution is -2.07. The van der Waals surface area contributed by atoms with E-state index in [9.17, 15) is 18.3 Å². The van der Waals surface area contributed by atoms with Crippen molar-refractivity contribution >= 4 is 15.9 Å². The summed E-state index contributed by atoms with van der Waals surface area (Å²) in [6.45, 7) is 3.54. The Balaban J connectivity index is 3.20. The van der Waals surface area contributed by atoms with Crippen molar-refractivity contribution in [2.75, 3.05) is 0 Å². The Labute approximate surface area is 106 Å². The zero-order valence-corrected chi connectivity index (χ0v) is 10.9. The number of rotatable bonds is 2. The van der Waals surface area contributed by atoms with Crippen molar-refractivity contribution in [1.29, 1.82) is 0 Å². The van der Waals surface area contributed by atoms with E-state index in [-0.39, 0.29) is 5.56 Å². The number of aliphatic hydroxyl groups is 1. The van der Waals surface area contributed by atoms with Crippen LogP contribution in [0, 0.1) is 0 Å². The molecule has 0 aromatic heterocycles. The minimum atomic E-state index is -4.40. The lowest BCUT2D eigenvalue weighted by Gasteiger charge is -2.13. The molecule has 0 heterocycles. The van der Waals surface area contributed by atoms with Gasteiger partial charge >= 0.3 is 6.18 Å². The summed E-state index contributed by atoms with van der Waals surface area (Å²) in [4.78, 5) is 0. The van der Waals surface area contributed by atoms with Gasteiger partial charge in [0.05, 0.1) is 11.7 Å². The van der Waals surface area contributed by atoms with Crippen LogP contribution in [0.25, 0.3) is 0 Å². The Hall–Kier alpha value is -0.810. The van der Waals surface area contributed by atoms with Crippen LogP contribution in [0.3, 0.4) is 0 Å². The van der Waals surface area contributed by atoms with Gasteiger partial charge in [-0.25, -0.2) is 0 Å². The lowest BCUT2D eigenvalue weighted by atomic mass is 10.0. The van der Waals surface area contributed by atoms with Gasteiger partial charge in [-0.2, -0.15) is 13.2 Å². The number of alkyl halides is 3. The van der Waals surface area contributed by atoms with Gasteiger partial charge in [-0.3, -0.25) is 0 Å². The first-order valence-electron chi connectivity index (χ1n) is 4.91. The molecule has 1 nitrogen and oxygen atoms in total. The highest BCUT2D eigenvalue weighted by Gasteiger charge is 2.31. The molecule has 0 saturated heterocycles. The SMILES string of the molecule is CC(C)=CC(O)c1cc(C(F)(F)F)ccc1Br. The van der Waals surface area contributed by atoms with E-state index in [1.165, 1.54) is 12.1 Å². The van der Waals surface area contributed by atoms with Gasteiger partial charge in [0.15, 0.2) is 0 Å². The molecule has 0 aliphatic heterocycles. The summed E-state index contributed by atoms with van der Waals surface area (Å²) in [5, 5.41) is 9.79. The standard InChI is InChI=1S/C12H12BrF3O/c1-7(2)5-11(17)9-6-8(12(14,15)16)3-4-10(9)13/h3-6,11,17H,1-2H3. The van der Waals surface area contributed by atoms with Crippen molar-refractivity contribution in [2.24, 2.45) is 0 Å². The molecule has 0 saturated carbocycles. The summed E-state index contributed by atoms with van der Waals surface area (Å²) in [5.74, 6) is 0. The first-order chi connectivity index (χ1) is 7.71. The molecule has 94 valence electrons. The van der Waals surface area contributed by atoms with E-state index in [1.54, 1.807) is 13.8 Å². The van der Waals surface area contributed by atoms with E-state index >= 15 is 0 Å². The number of allylic oxidation sites excluding steroid dienone is 1. The van der Waals surface area contributed by atoms with Crippen molar-refractivity contribution in [3.05, 3.63) is 45.4 Å². The van der Waals surface area contributed by atoms with E-state index in [4.69, 9.17) is 0 Å². The summed E-state index contributed by atoms with van der Waals surface area (Å²) in [6, 6.07) is 3.22. The van der Waals surface area contributed by atoms with Crippen LogP contribution >= 0.6 is 15.9 Å². The van der Waals surface area contributed by atoms with Gasteiger partial charge in [-0.1, -0.05) is 27.6 Å². The second-order valence-electron chi connectivity index (χ2n) is 3.92. The average Bonchev–Trinajstić information content (AvgIpc) is 2.15. The third-order valence-electron chi connectivity index (χ3n) is 2.13. The van der Waals surface area contributed by atoms with Crippen molar-refractivity contribution in [3.63, 3.8) is 0 Å². The molecule has 0 spiro atoms. The van der Waals surface area contributed by atoms with Gasteiger partial charge in [0.1, 0.15) is 0 Å². The molecule has 0 aliphatic rings. The fourth-order valence-corrected chi connectivity index (χ4v) is 1.83. The Morgan fingerprint density at radius 3 is 2.41 bits per heavy atom. The quantitative estimate of drug-likeness (QED) is 0.799. The predicted molar refractivity (Wildman–Crippen MR) is 63.5 cm³/mol. The fourth-order valence-electron chi connectivity index (χ4n) is 1.35. The van der Waals surface area contributed by atoms with Crippen LogP contribution in [0.15, 0.2) is 34.3 Å². The molecule has 0 aliphatic carbocycles. The summed E-state index contributed by atoms with van der Waals surface area (Å²) in [7, 11) is 0. The monoisotopic (exact) mass is 308 g/mol. The first-order valence-corrected chi connectivity index (χ1v) is 5.71. The second kappa shape index (κ2) is 5.23. The van der Waals surface area contributed by atoms with Gasteiger partial charge in [0, 0.05) is 4.47 Å². The summed E-state index contributed by atoms with van der Waals surface area (Å²) in [6.07, 6.45) is -3.95. The molecular formula is C12H12BrF3O. The maximum atomic E-state index is 12.5. The van der Waals surface area contributed by atoms with Gasteiger partial charge in [-0.15, -0.1) is 0 Å². The molecule has 17 heavy (non-hydrogen) atoms. The van der Waals surface area contributed by atoms with Crippen molar-refractivity contribution in [2.45, 2.75) is 26.1 Å². The smallest absolute Gasteiger partial charge is 0.384 e. The van der Waals surface area contributed by atoms with Crippen LogP contribution in [0.2, 0.25) is 0 Å². The number of benzene rings is 1. The minimum absolute atomic E-state index is 0.209. The fraction of sp³-hybridized carbons (Fsp3) is 0.333. The largest absolute Gasteiger partial charge is 0.416 e.